The zero-order valence-corrected chi connectivity index (χ0v) is 11.2. The minimum absolute atomic E-state index is 0.0573. The molecule has 1 saturated heterocycles. The van der Waals surface area contributed by atoms with Gasteiger partial charge in [0.2, 0.25) is 10.0 Å². The van der Waals surface area contributed by atoms with E-state index in [9.17, 15) is 13.2 Å². The Labute approximate surface area is 112 Å². The molecule has 2 rings (SSSR count). The molecule has 6 nitrogen and oxygen atoms in total. The molecule has 0 aliphatic carbocycles. The number of hydrogen-bond acceptors (Lipinski definition) is 4. The van der Waals surface area contributed by atoms with Crippen molar-refractivity contribution in [3.8, 4) is 0 Å². The average Bonchev–Trinajstić information content (AvgIpc) is 2.76. The molecule has 1 fully saturated rings. The van der Waals surface area contributed by atoms with Crippen molar-refractivity contribution in [3.63, 3.8) is 0 Å². The van der Waals surface area contributed by atoms with Crippen molar-refractivity contribution in [2.45, 2.75) is 5.75 Å². The Morgan fingerprint density at radius 2 is 2.00 bits per heavy atom. The van der Waals surface area contributed by atoms with E-state index in [0.29, 0.717) is 19.7 Å². The van der Waals surface area contributed by atoms with Gasteiger partial charge in [0.25, 0.3) is 0 Å². The largest absolute Gasteiger partial charge is 0.448 e. The van der Waals surface area contributed by atoms with Crippen molar-refractivity contribution in [1.82, 2.24) is 9.62 Å². The molecule has 1 aromatic carbocycles. The first-order valence-electron chi connectivity index (χ1n) is 6.00. The summed E-state index contributed by atoms with van der Waals surface area (Å²) in [5.74, 6) is -0.0573. The Bertz CT molecular complexity index is 530. The number of nitrogens with zero attached hydrogens (tertiary/aromatic N) is 1. The molecule has 1 N–H and O–H groups in total. The Morgan fingerprint density at radius 1 is 1.26 bits per heavy atom. The normalized spacial score (nSPS) is 15.6. The second-order valence-electron chi connectivity index (χ2n) is 4.24. The van der Waals surface area contributed by atoms with E-state index < -0.39 is 10.0 Å². The Kier molecular flexibility index (Phi) is 4.39. The third-order valence-electron chi connectivity index (χ3n) is 2.75. The Hall–Kier alpha value is -1.60. The molecular formula is C12H16N2O4S. The van der Waals surface area contributed by atoms with Crippen LogP contribution in [0.3, 0.4) is 0 Å². The molecule has 0 atom stereocenters. The number of amides is 1. The molecule has 0 spiro atoms. The van der Waals surface area contributed by atoms with Gasteiger partial charge in [-0.25, -0.2) is 17.9 Å². The number of ether oxygens (including phenoxy) is 1. The summed E-state index contributed by atoms with van der Waals surface area (Å²) in [5, 5.41) is 0. The lowest BCUT2D eigenvalue weighted by molar-refractivity contribution is 0.159. The van der Waals surface area contributed by atoms with Gasteiger partial charge in [-0.15, -0.1) is 0 Å². The van der Waals surface area contributed by atoms with Crippen LogP contribution in [0.2, 0.25) is 0 Å². The zero-order valence-electron chi connectivity index (χ0n) is 10.4. The summed E-state index contributed by atoms with van der Waals surface area (Å²) in [6, 6.07) is 8.95. The smallest absolute Gasteiger partial charge is 0.409 e. The van der Waals surface area contributed by atoms with Crippen LogP contribution in [0, 0.1) is 0 Å². The number of carbonyl (C=O) groups excluding carboxylic acids is 1. The first-order valence-corrected chi connectivity index (χ1v) is 7.65. The van der Waals surface area contributed by atoms with Crippen molar-refractivity contribution in [2.75, 3.05) is 26.2 Å². The van der Waals surface area contributed by atoms with E-state index in [1.165, 1.54) is 4.90 Å². The molecule has 1 aromatic rings. The van der Waals surface area contributed by atoms with Crippen molar-refractivity contribution in [3.05, 3.63) is 35.9 Å². The highest BCUT2D eigenvalue weighted by molar-refractivity contribution is 7.88. The van der Waals surface area contributed by atoms with Gasteiger partial charge in [0.05, 0.1) is 12.3 Å². The third-order valence-corrected chi connectivity index (χ3v) is 4.11. The van der Waals surface area contributed by atoms with Crippen LogP contribution in [0.1, 0.15) is 5.56 Å². The number of cyclic esters (lactones) is 1. The molecule has 0 bridgehead atoms. The maximum atomic E-state index is 11.8. The number of nitrogens with one attached hydrogen (secondary N) is 1. The second kappa shape index (κ2) is 6.03. The average molecular weight is 284 g/mol. The molecular weight excluding hydrogens is 268 g/mol. The summed E-state index contributed by atoms with van der Waals surface area (Å²) < 4.78 is 30.9. The van der Waals surface area contributed by atoms with E-state index in [-0.39, 0.29) is 18.4 Å². The highest BCUT2D eigenvalue weighted by Crippen LogP contribution is 2.05. The van der Waals surface area contributed by atoms with Crippen LogP contribution in [0.25, 0.3) is 0 Å². The fourth-order valence-electron chi connectivity index (χ4n) is 1.81. The van der Waals surface area contributed by atoms with E-state index in [1.54, 1.807) is 24.3 Å². The van der Waals surface area contributed by atoms with Gasteiger partial charge in [-0.3, -0.25) is 0 Å². The molecule has 1 aliphatic rings. The van der Waals surface area contributed by atoms with Crippen LogP contribution < -0.4 is 4.72 Å². The van der Waals surface area contributed by atoms with Gasteiger partial charge in [-0.2, -0.15) is 0 Å². The summed E-state index contributed by atoms with van der Waals surface area (Å²) in [6.45, 7) is 1.41. The van der Waals surface area contributed by atoms with Crippen molar-refractivity contribution in [1.29, 1.82) is 0 Å². The Morgan fingerprint density at radius 3 is 2.63 bits per heavy atom. The predicted molar refractivity (Wildman–Crippen MR) is 70.0 cm³/mol. The SMILES string of the molecule is O=C1OCCN1CCNS(=O)(=O)Cc1ccccc1. The van der Waals surface area contributed by atoms with Crippen molar-refractivity contribution in [2.24, 2.45) is 0 Å². The van der Waals surface area contributed by atoms with E-state index in [1.807, 2.05) is 6.07 Å². The van der Waals surface area contributed by atoms with Crippen LogP contribution in [0.4, 0.5) is 4.79 Å². The molecule has 104 valence electrons. The number of sulfonamides is 1. The van der Waals surface area contributed by atoms with Gasteiger partial charge in [0.1, 0.15) is 6.61 Å². The number of rotatable bonds is 6. The molecule has 0 radical (unpaired) electrons. The molecule has 7 heteroatoms. The van der Waals surface area contributed by atoms with Crippen molar-refractivity contribution < 1.29 is 17.9 Å². The van der Waals surface area contributed by atoms with Crippen LogP contribution in [0.15, 0.2) is 30.3 Å². The maximum absolute atomic E-state index is 11.8. The van der Waals surface area contributed by atoms with Crippen LogP contribution in [0.5, 0.6) is 0 Å². The van der Waals surface area contributed by atoms with Crippen LogP contribution in [-0.2, 0) is 20.5 Å². The molecule has 1 heterocycles. The molecule has 0 unspecified atom stereocenters. The fraction of sp³-hybridized carbons (Fsp3) is 0.417. The van der Waals surface area contributed by atoms with Crippen LogP contribution >= 0.6 is 0 Å². The molecule has 19 heavy (non-hydrogen) atoms. The number of hydrogen-bond donors (Lipinski definition) is 1. The first-order chi connectivity index (χ1) is 9.07. The number of carbonyl (C=O) groups is 1. The topological polar surface area (TPSA) is 75.7 Å². The third kappa shape index (κ3) is 4.22. The summed E-state index contributed by atoms with van der Waals surface area (Å²) in [5.41, 5.74) is 0.732. The van der Waals surface area contributed by atoms with Crippen LogP contribution in [-0.4, -0.2) is 45.7 Å². The van der Waals surface area contributed by atoms with Crippen molar-refractivity contribution >= 4 is 16.1 Å². The number of benzene rings is 1. The van der Waals surface area contributed by atoms with Gasteiger partial charge in [-0.1, -0.05) is 30.3 Å². The van der Waals surface area contributed by atoms with E-state index >= 15 is 0 Å². The molecule has 1 aliphatic heterocycles. The van der Waals surface area contributed by atoms with E-state index in [2.05, 4.69) is 4.72 Å². The lowest BCUT2D eigenvalue weighted by atomic mass is 10.2. The highest BCUT2D eigenvalue weighted by Gasteiger charge is 2.21. The van der Waals surface area contributed by atoms with Gasteiger partial charge in [-0.05, 0) is 5.56 Å². The first kappa shape index (κ1) is 13.8. The molecule has 0 saturated carbocycles. The fourth-order valence-corrected chi connectivity index (χ4v) is 2.95. The van der Waals surface area contributed by atoms with Gasteiger partial charge < -0.3 is 9.64 Å². The van der Waals surface area contributed by atoms with Gasteiger partial charge in [0.15, 0.2) is 0 Å². The highest BCUT2D eigenvalue weighted by atomic mass is 32.2. The van der Waals surface area contributed by atoms with Gasteiger partial charge >= 0.3 is 6.09 Å². The quantitative estimate of drug-likeness (QED) is 0.828. The Balaban J connectivity index is 1.80. The second-order valence-corrected chi connectivity index (χ2v) is 6.05. The minimum atomic E-state index is -3.37. The summed E-state index contributed by atoms with van der Waals surface area (Å²) in [6.07, 6.45) is -0.387. The van der Waals surface area contributed by atoms with Gasteiger partial charge in [0, 0.05) is 13.1 Å². The standard InChI is InChI=1S/C12H16N2O4S/c15-12-14(8-9-18-12)7-6-13-19(16,17)10-11-4-2-1-3-5-11/h1-5,13H,6-10H2. The zero-order chi connectivity index (χ0) is 13.7. The lowest BCUT2D eigenvalue weighted by Crippen LogP contribution is -2.35. The summed E-state index contributed by atoms with van der Waals surface area (Å²) in [4.78, 5) is 12.6. The summed E-state index contributed by atoms with van der Waals surface area (Å²) in [7, 11) is -3.37. The predicted octanol–water partition coefficient (Wildman–Crippen LogP) is 0.558. The monoisotopic (exact) mass is 284 g/mol. The minimum Gasteiger partial charge on any atom is -0.448 e. The maximum Gasteiger partial charge on any atom is 0.409 e. The molecule has 1 amide bonds. The van der Waals surface area contributed by atoms with E-state index in [4.69, 9.17) is 4.74 Å². The summed E-state index contributed by atoms with van der Waals surface area (Å²) >= 11 is 0. The molecule has 0 aromatic heterocycles. The lowest BCUT2D eigenvalue weighted by Gasteiger charge is -2.13. The van der Waals surface area contributed by atoms with E-state index in [0.717, 1.165) is 5.56 Å².